The fraction of sp³-hybridized carbons (Fsp3) is 0.278. The van der Waals surface area contributed by atoms with Crippen molar-refractivity contribution in [3.63, 3.8) is 0 Å². The monoisotopic (exact) mass is 344 g/mol. The number of carbonyl (C=O) groups is 1. The highest BCUT2D eigenvalue weighted by Gasteiger charge is 2.13. The molecule has 1 aliphatic rings. The Kier molecular flexibility index (Phi) is 5.46. The van der Waals surface area contributed by atoms with E-state index < -0.39 is 0 Å². The fourth-order valence-electron chi connectivity index (χ4n) is 2.28. The zero-order valence-corrected chi connectivity index (χ0v) is 13.9. The van der Waals surface area contributed by atoms with E-state index in [0.717, 1.165) is 17.2 Å². The van der Waals surface area contributed by atoms with E-state index in [0.29, 0.717) is 24.7 Å². The summed E-state index contributed by atoms with van der Waals surface area (Å²) >= 11 is 0. The molecule has 1 aliphatic heterocycles. The number of hydrogen-bond donors (Lipinski definition) is 2. The molecule has 0 bridgehead atoms. The second-order valence-corrected chi connectivity index (χ2v) is 5.30. The number of anilines is 1. The zero-order valence-electron chi connectivity index (χ0n) is 13.9. The molecular weight excluding hydrogens is 324 g/mol. The molecule has 0 atom stereocenters. The van der Waals surface area contributed by atoms with E-state index in [-0.39, 0.29) is 19.2 Å². The van der Waals surface area contributed by atoms with Crippen LogP contribution in [0.25, 0.3) is 0 Å². The molecule has 0 radical (unpaired) electrons. The first kappa shape index (κ1) is 16.8. The molecule has 0 aliphatic carbocycles. The Hall–Kier alpha value is -3.09. The van der Waals surface area contributed by atoms with Crippen LogP contribution >= 0.6 is 0 Å². The van der Waals surface area contributed by atoms with Crippen LogP contribution in [-0.4, -0.2) is 39.5 Å². The molecule has 0 saturated carbocycles. The number of nitrogens with one attached hydrogen (secondary N) is 2. The molecular formula is C18H20N2O5. The third kappa shape index (κ3) is 4.69. The van der Waals surface area contributed by atoms with Gasteiger partial charge < -0.3 is 29.6 Å². The van der Waals surface area contributed by atoms with Crippen LogP contribution in [-0.2, 0) is 4.79 Å². The molecule has 2 aromatic rings. The van der Waals surface area contributed by atoms with Gasteiger partial charge in [-0.05, 0) is 36.4 Å². The summed E-state index contributed by atoms with van der Waals surface area (Å²) < 4.78 is 21.2. The largest absolute Gasteiger partial charge is 0.497 e. The van der Waals surface area contributed by atoms with Crippen molar-refractivity contribution in [1.82, 2.24) is 5.32 Å². The number of ether oxygens (including phenoxy) is 4. The van der Waals surface area contributed by atoms with Crippen LogP contribution in [0, 0.1) is 0 Å². The Morgan fingerprint density at radius 3 is 2.64 bits per heavy atom. The van der Waals surface area contributed by atoms with Crippen molar-refractivity contribution in [2.75, 3.05) is 38.9 Å². The van der Waals surface area contributed by atoms with Gasteiger partial charge in [-0.1, -0.05) is 0 Å². The van der Waals surface area contributed by atoms with E-state index in [9.17, 15) is 4.79 Å². The number of rotatable bonds is 8. The molecule has 0 saturated heterocycles. The summed E-state index contributed by atoms with van der Waals surface area (Å²) in [6.07, 6.45) is 0. The number of methoxy groups -OCH3 is 1. The summed E-state index contributed by atoms with van der Waals surface area (Å²) in [7, 11) is 1.61. The molecule has 0 aromatic heterocycles. The van der Waals surface area contributed by atoms with E-state index in [4.69, 9.17) is 18.9 Å². The normalized spacial score (nSPS) is 11.7. The topological polar surface area (TPSA) is 78.1 Å². The van der Waals surface area contributed by atoms with Crippen LogP contribution in [0.4, 0.5) is 5.69 Å². The van der Waals surface area contributed by atoms with Crippen LogP contribution < -0.4 is 29.6 Å². The number of benzene rings is 2. The second-order valence-electron chi connectivity index (χ2n) is 5.30. The van der Waals surface area contributed by atoms with Gasteiger partial charge in [0.1, 0.15) is 18.1 Å². The van der Waals surface area contributed by atoms with Gasteiger partial charge in [-0.3, -0.25) is 4.79 Å². The van der Waals surface area contributed by atoms with Crippen molar-refractivity contribution >= 4 is 11.6 Å². The molecule has 1 amide bonds. The summed E-state index contributed by atoms with van der Waals surface area (Å²) in [5.41, 5.74) is 0.800. The molecule has 132 valence electrons. The van der Waals surface area contributed by atoms with Crippen LogP contribution in [0.1, 0.15) is 0 Å². The molecule has 25 heavy (non-hydrogen) atoms. The Morgan fingerprint density at radius 1 is 1.08 bits per heavy atom. The minimum atomic E-state index is -0.115. The maximum Gasteiger partial charge on any atom is 0.239 e. The summed E-state index contributed by atoms with van der Waals surface area (Å²) in [6.45, 7) is 1.21. The number of fused-ring (bicyclic) bond motifs is 1. The summed E-state index contributed by atoms with van der Waals surface area (Å²) in [5, 5.41) is 5.83. The summed E-state index contributed by atoms with van der Waals surface area (Å²) in [5.74, 6) is 2.78. The van der Waals surface area contributed by atoms with Crippen LogP contribution in [0.3, 0.4) is 0 Å². The zero-order chi connectivity index (χ0) is 17.5. The van der Waals surface area contributed by atoms with Crippen LogP contribution in [0.2, 0.25) is 0 Å². The summed E-state index contributed by atoms with van der Waals surface area (Å²) in [6, 6.07) is 12.7. The molecule has 0 spiro atoms. The fourth-order valence-corrected chi connectivity index (χ4v) is 2.28. The Labute approximate surface area is 145 Å². The van der Waals surface area contributed by atoms with Gasteiger partial charge in [0.25, 0.3) is 0 Å². The van der Waals surface area contributed by atoms with Gasteiger partial charge >= 0.3 is 0 Å². The molecule has 0 unspecified atom stereocenters. The van der Waals surface area contributed by atoms with Crippen LogP contribution in [0.5, 0.6) is 23.0 Å². The minimum absolute atomic E-state index is 0.115. The van der Waals surface area contributed by atoms with E-state index in [1.165, 1.54) is 0 Å². The lowest BCUT2D eigenvalue weighted by atomic mass is 10.3. The quantitative estimate of drug-likeness (QED) is 0.714. The van der Waals surface area contributed by atoms with Gasteiger partial charge in [0, 0.05) is 11.8 Å². The highest BCUT2D eigenvalue weighted by Crippen LogP contribution is 2.34. The minimum Gasteiger partial charge on any atom is -0.497 e. The van der Waals surface area contributed by atoms with Gasteiger partial charge in [0.2, 0.25) is 12.7 Å². The van der Waals surface area contributed by atoms with Crippen LogP contribution in [0.15, 0.2) is 42.5 Å². The van der Waals surface area contributed by atoms with Crippen molar-refractivity contribution in [2.45, 2.75) is 0 Å². The molecule has 1 heterocycles. The Bertz CT molecular complexity index is 718. The van der Waals surface area contributed by atoms with Gasteiger partial charge in [0.05, 0.1) is 20.2 Å². The third-order valence-corrected chi connectivity index (χ3v) is 3.58. The lowest BCUT2D eigenvalue weighted by molar-refractivity contribution is -0.119. The number of carbonyl (C=O) groups excluding carboxylic acids is 1. The molecule has 2 N–H and O–H groups in total. The maximum atomic E-state index is 11.8. The second kappa shape index (κ2) is 8.14. The van der Waals surface area contributed by atoms with E-state index in [1.807, 2.05) is 42.5 Å². The third-order valence-electron chi connectivity index (χ3n) is 3.58. The standard InChI is InChI=1S/C18H20N2O5/c1-22-14-3-5-15(6-4-14)23-9-8-19-18(21)11-20-13-2-7-16-17(10-13)25-12-24-16/h2-7,10,20H,8-9,11-12H2,1H3,(H,19,21). The van der Waals surface area contributed by atoms with Gasteiger partial charge in [-0.2, -0.15) is 0 Å². The SMILES string of the molecule is COc1ccc(OCCNC(=O)CNc2ccc3c(c2)OCO3)cc1. The Balaban J connectivity index is 1.34. The molecule has 7 nitrogen and oxygen atoms in total. The Morgan fingerprint density at radius 2 is 1.84 bits per heavy atom. The molecule has 3 rings (SSSR count). The molecule has 7 heteroatoms. The number of amides is 1. The van der Waals surface area contributed by atoms with Crippen molar-refractivity contribution < 1.29 is 23.7 Å². The smallest absolute Gasteiger partial charge is 0.239 e. The lowest BCUT2D eigenvalue weighted by Gasteiger charge is -2.10. The van der Waals surface area contributed by atoms with Crippen molar-refractivity contribution in [3.8, 4) is 23.0 Å². The highest BCUT2D eigenvalue weighted by atomic mass is 16.7. The summed E-state index contributed by atoms with van der Waals surface area (Å²) in [4.78, 5) is 11.8. The highest BCUT2D eigenvalue weighted by molar-refractivity contribution is 5.80. The van der Waals surface area contributed by atoms with Gasteiger partial charge in [-0.25, -0.2) is 0 Å². The average molecular weight is 344 g/mol. The number of hydrogen-bond acceptors (Lipinski definition) is 6. The van der Waals surface area contributed by atoms with Crippen molar-refractivity contribution in [3.05, 3.63) is 42.5 Å². The predicted octanol–water partition coefficient (Wildman–Crippen LogP) is 2.03. The van der Waals surface area contributed by atoms with Crippen molar-refractivity contribution in [1.29, 1.82) is 0 Å². The van der Waals surface area contributed by atoms with Crippen molar-refractivity contribution in [2.24, 2.45) is 0 Å². The first-order chi connectivity index (χ1) is 12.2. The van der Waals surface area contributed by atoms with E-state index >= 15 is 0 Å². The first-order valence-corrected chi connectivity index (χ1v) is 7.91. The maximum absolute atomic E-state index is 11.8. The molecule has 2 aromatic carbocycles. The van der Waals surface area contributed by atoms with Gasteiger partial charge in [-0.15, -0.1) is 0 Å². The predicted molar refractivity (Wildman–Crippen MR) is 92.6 cm³/mol. The van der Waals surface area contributed by atoms with Gasteiger partial charge in [0.15, 0.2) is 11.5 Å². The van der Waals surface area contributed by atoms with E-state index in [2.05, 4.69) is 10.6 Å². The lowest BCUT2D eigenvalue weighted by Crippen LogP contribution is -2.32. The molecule has 0 fully saturated rings. The first-order valence-electron chi connectivity index (χ1n) is 7.91. The van der Waals surface area contributed by atoms with E-state index in [1.54, 1.807) is 7.11 Å². The average Bonchev–Trinajstić information content (AvgIpc) is 3.12.